The van der Waals surface area contributed by atoms with E-state index in [2.05, 4.69) is 23.8 Å². The zero-order chi connectivity index (χ0) is 21.0. The molecule has 1 fully saturated rings. The van der Waals surface area contributed by atoms with Gasteiger partial charge >= 0.3 is 0 Å². The Hall–Kier alpha value is -1.44. The van der Waals surface area contributed by atoms with Crippen molar-refractivity contribution in [1.82, 2.24) is 9.29 Å². The van der Waals surface area contributed by atoms with E-state index < -0.39 is 10.0 Å². The monoisotopic (exact) mass is 422 g/mol. The first-order valence-corrected chi connectivity index (χ1v) is 12.4. The zero-order valence-corrected chi connectivity index (χ0v) is 18.6. The maximum Gasteiger partial charge on any atom is 0.254 e. The van der Waals surface area contributed by atoms with Crippen molar-refractivity contribution in [3.8, 4) is 0 Å². The molecule has 2 heterocycles. The molecule has 2 aliphatic rings. The van der Waals surface area contributed by atoms with Crippen molar-refractivity contribution in [2.24, 2.45) is 5.92 Å². The van der Waals surface area contributed by atoms with Gasteiger partial charge in [-0.15, -0.1) is 0 Å². The first kappa shape index (κ1) is 22.2. The highest BCUT2D eigenvalue weighted by Crippen LogP contribution is 2.30. The standard InChI is InChI=1S/C22H34N2O4S/c1-4-6-17-8-12-19(13-9-17)28-15-21-20(23-29(26,27)5-2)14-11-18-10-7-16(3)22(25)24(18)21/h4,6-7,10,17,19-21,23H,5,8-9,11-15H2,1-3H3/b6-4-. The van der Waals surface area contributed by atoms with E-state index in [1.807, 2.05) is 12.1 Å². The van der Waals surface area contributed by atoms with Gasteiger partial charge in [-0.05, 0) is 71.3 Å². The predicted molar refractivity (Wildman–Crippen MR) is 116 cm³/mol. The summed E-state index contributed by atoms with van der Waals surface area (Å²) in [6.45, 7) is 5.84. The highest BCUT2D eigenvalue weighted by atomic mass is 32.2. The third-order valence-electron chi connectivity index (χ3n) is 6.30. The largest absolute Gasteiger partial charge is 0.376 e. The second kappa shape index (κ2) is 9.58. The van der Waals surface area contributed by atoms with Gasteiger partial charge < -0.3 is 9.30 Å². The van der Waals surface area contributed by atoms with Gasteiger partial charge in [0.25, 0.3) is 5.56 Å². The Morgan fingerprint density at radius 1 is 1.21 bits per heavy atom. The summed E-state index contributed by atoms with van der Waals surface area (Å²) in [5.41, 5.74) is 1.58. The lowest BCUT2D eigenvalue weighted by Gasteiger charge is -2.37. The normalized spacial score (nSPS) is 27.8. The molecule has 1 aromatic heterocycles. The van der Waals surface area contributed by atoms with Crippen LogP contribution in [0.15, 0.2) is 29.1 Å². The van der Waals surface area contributed by atoms with Gasteiger partial charge in [0, 0.05) is 17.3 Å². The van der Waals surface area contributed by atoms with E-state index in [1.165, 1.54) is 0 Å². The molecule has 3 rings (SSSR count). The molecule has 29 heavy (non-hydrogen) atoms. The van der Waals surface area contributed by atoms with Gasteiger partial charge in [-0.1, -0.05) is 18.2 Å². The van der Waals surface area contributed by atoms with Crippen LogP contribution in [0.25, 0.3) is 0 Å². The van der Waals surface area contributed by atoms with Crippen LogP contribution in [0, 0.1) is 12.8 Å². The lowest BCUT2D eigenvalue weighted by atomic mass is 9.87. The van der Waals surface area contributed by atoms with E-state index in [-0.39, 0.29) is 29.5 Å². The van der Waals surface area contributed by atoms with Crippen molar-refractivity contribution in [2.45, 2.75) is 77.5 Å². The van der Waals surface area contributed by atoms with Gasteiger partial charge in [-0.2, -0.15) is 0 Å². The third-order valence-corrected chi connectivity index (χ3v) is 7.72. The molecule has 0 amide bonds. The molecule has 162 valence electrons. The van der Waals surface area contributed by atoms with Crippen LogP contribution >= 0.6 is 0 Å². The quantitative estimate of drug-likeness (QED) is 0.685. The Bertz CT molecular complexity index is 883. The minimum absolute atomic E-state index is 0.0294. The number of rotatable bonds is 7. The van der Waals surface area contributed by atoms with Crippen LogP contribution in [0.5, 0.6) is 0 Å². The molecule has 0 spiro atoms. The van der Waals surface area contributed by atoms with Crippen LogP contribution in [0.1, 0.15) is 63.3 Å². The minimum atomic E-state index is -3.36. The molecule has 1 N–H and O–H groups in total. The van der Waals surface area contributed by atoms with Gasteiger partial charge in [0.2, 0.25) is 10.0 Å². The van der Waals surface area contributed by atoms with Crippen molar-refractivity contribution in [3.63, 3.8) is 0 Å². The van der Waals surface area contributed by atoms with Crippen LogP contribution < -0.4 is 10.3 Å². The highest BCUT2D eigenvalue weighted by molar-refractivity contribution is 7.89. The number of nitrogens with zero attached hydrogens (tertiary/aromatic N) is 1. The van der Waals surface area contributed by atoms with Gasteiger partial charge in [0.1, 0.15) is 0 Å². The number of hydrogen-bond acceptors (Lipinski definition) is 4. The number of ether oxygens (including phenoxy) is 1. The first-order chi connectivity index (χ1) is 13.8. The smallest absolute Gasteiger partial charge is 0.254 e. The molecule has 6 nitrogen and oxygen atoms in total. The number of sulfonamides is 1. The summed E-state index contributed by atoms with van der Waals surface area (Å²) in [6, 6.07) is 3.19. The van der Waals surface area contributed by atoms with E-state index in [9.17, 15) is 13.2 Å². The van der Waals surface area contributed by atoms with Crippen molar-refractivity contribution in [1.29, 1.82) is 0 Å². The summed E-state index contributed by atoms with van der Waals surface area (Å²) in [4.78, 5) is 12.9. The van der Waals surface area contributed by atoms with Gasteiger partial charge in [-0.25, -0.2) is 13.1 Å². The Labute approximate surface area is 174 Å². The number of allylic oxidation sites excluding steroid dienone is 2. The average Bonchev–Trinajstić information content (AvgIpc) is 2.71. The fourth-order valence-electron chi connectivity index (χ4n) is 4.53. The van der Waals surface area contributed by atoms with E-state index >= 15 is 0 Å². The molecule has 2 unspecified atom stereocenters. The molecule has 7 heteroatoms. The Morgan fingerprint density at radius 3 is 2.59 bits per heavy atom. The summed E-state index contributed by atoms with van der Waals surface area (Å²) in [5.74, 6) is 0.659. The lowest BCUT2D eigenvalue weighted by Crippen LogP contribution is -2.50. The fraction of sp³-hybridized carbons (Fsp3) is 0.682. The molecule has 0 saturated heterocycles. The molecule has 1 aromatic rings. The summed E-state index contributed by atoms with van der Waals surface area (Å²) in [5, 5.41) is 0. The van der Waals surface area contributed by atoms with Crippen LogP contribution in [0.3, 0.4) is 0 Å². The first-order valence-electron chi connectivity index (χ1n) is 10.8. The van der Waals surface area contributed by atoms with E-state index in [4.69, 9.17) is 4.74 Å². The molecule has 0 aromatic carbocycles. The second-order valence-electron chi connectivity index (χ2n) is 8.31. The molecule has 1 saturated carbocycles. The van der Waals surface area contributed by atoms with E-state index in [0.717, 1.165) is 31.4 Å². The number of nitrogens with one attached hydrogen (secondary N) is 1. The summed E-state index contributed by atoms with van der Waals surface area (Å²) < 4.78 is 35.3. The van der Waals surface area contributed by atoms with Crippen LogP contribution in [-0.2, 0) is 21.2 Å². The maximum atomic E-state index is 12.9. The number of aromatic nitrogens is 1. The SMILES string of the molecule is C/C=C\C1CCC(OCC2C(NS(=O)(=O)CC)CCc3ccc(C)c(=O)n32)CC1. The highest BCUT2D eigenvalue weighted by Gasteiger charge is 2.34. The molecule has 1 aliphatic carbocycles. The van der Waals surface area contributed by atoms with Crippen molar-refractivity contribution < 1.29 is 13.2 Å². The van der Waals surface area contributed by atoms with E-state index in [1.54, 1.807) is 18.4 Å². The summed E-state index contributed by atoms with van der Waals surface area (Å²) in [6.07, 6.45) is 10.1. The van der Waals surface area contributed by atoms with Gasteiger partial charge in [-0.3, -0.25) is 4.79 Å². The lowest BCUT2D eigenvalue weighted by molar-refractivity contribution is -0.00355. The summed E-state index contributed by atoms with van der Waals surface area (Å²) in [7, 11) is -3.36. The molecule has 0 bridgehead atoms. The fourth-order valence-corrected chi connectivity index (χ4v) is 5.44. The second-order valence-corrected chi connectivity index (χ2v) is 10.4. The van der Waals surface area contributed by atoms with Crippen LogP contribution in [-0.4, -0.2) is 37.5 Å². The van der Waals surface area contributed by atoms with Crippen molar-refractivity contribution in [3.05, 3.63) is 45.9 Å². The third kappa shape index (κ3) is 5.38. The van der Waals surface area contributed by atoms with Crippen LogP contribution in [0.2, 0.25) is 0 Å². The van der Waals surface area contributed by atoms with Crippen LogP contribution in [0.4, 0.5) is 0 Å². The number of hydrogen-bond donors (Lipinski definition) is 1. The Kier molecular flexibility index (Phi) is 7.35. The maximum absolute atomic E-state index is 12.9. The predicted octanol–water partition coefficient (Wildman–Crippen LogP) is 3.10. The minimum Gasteiger partial charge on any atom is -0.376 e. The zero-order valence-electron chi connectivity index (χ0n) is 17.8. The van der Waals surface area contributed by atoms with Gasteiger partial charge in [0.05, 0.1) is 24.5 Å². The molecule has 1 aliphatic heterocycles. The Morgan fingerprint density at radius 2 is 1.93 bits per heavy atom. The average molecular weight is 423 g/mol. The number of fused-ring (bicyclic) bond motifs is 1. The number of pyridine rings is 1. The molecule has 2 atom stereocenters. The van der Waals surface area contributed by atoms with Gasteiger partial charge in [0.15, 0.2) is 0 Å². The topological polar surface area (TPSA) is 77.4 Å². The molecular formula is C22H34N2O4S. The number of aryl methyl sites for hydroxylation is 2. The Balaban J connectivity index is 1.78. The summed E-state index contributed by atoms with van der Waals surface area (Å²) >= 11 is 0. The van der Waals surface area contributed by atoms with Crippen molar-refractivity contribution in [2.75, 3.05) is 12.4 Å². The molecular weight excluding hydrogens is 388 g/mol. The molecule has 0 radical (unpaired) electrons. The van der Waals surface area contributed by atoms with Crippen molar-refractivity contribution >= 4 is 10.0 Å². The van der Waals surface area contributed by atoms with E-state index in [0.29, 0.717) is 30.9 Å².